The van der Waals surface area contributed by atoms with Crippen LogP contribution in [0.15, 0.2) is 60.7 Å². The van der Waals surface area contributed by atoms with Gasteiger partial charge in [0, 0.05) is 37.4 Å². The van der Waals surface area contributed by atoms with E-state index in [2.05, 4.69) is 4.90 Å². The van der Waals surface area contributed by atoms with E-state index < -0.39 is 0 Å². The Hall–Kier alpha value is -3.48. The van der Waals surface area contributed by atoms with Crippen molar-refractivity contribution < 1.29 is 18.8 Å². The smallest absolute Gasteiger partial charge is 0.254 e. The van der Waals surface area contributed by atoms with Crippen molar-refractivity contribution in [2.24, 2.45) is 17.8 Å². The second-order valence-electron chi connectivity index (χ2n) is 8.97. The summed E-state index contributed by atoms with van der Waals surface area (Å²) in [5, 5.41) is 0. The van der Waals surface area contributed by atoms with E-state index in [9.17, 15) is 18.8 Å². The van der Waals surface area contributed by atoms with E-state index in [1.165, 1.54) is 17.0 Å². The predicted molar refractivity (Wildman–Crippen MR) is 123 cm³/mol. The highest BCUT2D eigenvalue weighted by atomic mass is 19.1. The molecule has 7 heteroatoms. The van der Waals surface area contributed by atoms with Crippen molar-refractivity contribution in [1.82, 2.24) is 4.90 Å². The Morgan fingerprint density at radius 3 is 2.36 bits per heavy atom. The van der Waals surface area contributed by atoms with Crippen LogP contribution in [0.2, 0.25) is 0 Å². The average Bonchev–Trinajstić information content (AvgIpc) is 3.10. The summed E-state index contributed by atoms with van der Waals surface area (Å²) in [5.74, 6) is -1.39. The van der Waals surface area contributed by atoms with Crippen LogP contribution < -0.4 is 9.80 Å². The fourth-order valence-electron chi connectivity index (χ4n) is 5.18. The molecule has 0 spiro atoms. The second kappa shape index (κ2) is 8.46. The molecule has 2 saturated heterocycles. The Morgan fingerprint density at radius 2 is 1.67 bits per heavy atom. The van der Waals surface area contributed by atoms with Crippen LogP contribution in [0.1, 0.15) is 23.7 Å². The molecule has 2 heterocycles. The molecular weight excluding hydrogens is 421 g/mol. The van der Waals surface area contributed by atoms with Crippen molar-refractivity contribution in [3.63, 3.8) is 0 Å². The van der Waals surface area contributed by atoms with Gasteiger partial charge in [-0.2, -0.15) is 0 Å². The third-order valence-electron chi connectivity index (χ3n) is 6.98. The molecule has 3 atom stereocenters. The molecule has 0 N–H and O–H groups in total. The van der Waals surface area contributed by atoms with Gasteiger partial charge in [-0.3, -0.25) is 19.3 Å². The van der Waals surface area contributed by atoms with Crippen molar-refractivity contribution >= 4 is 29.1 Å². The lowest BCUT2D eigenvalue weighted by atomic mass is 9.78. The van der Waals surface area contributed by atoms with Gasteiger partial charge < -0.3 is 9.80 Å². The van der Waals surface area contributed by atoms with Gasteiger partial charge in [0.1, 0.15) is 5.82 Å². The van der Waals surface area contributed by atoms with Crippen LogP contribution >= 0.6 is 0 Å². The maximum absolute atomic E-state index is 13.2. The van der Waals surface area contributed by atoms with Gasteiger partial charge in [-0.1, -0.05) is 25.1 Å². The zero-order valence-corrected chi connectivity index (χ0v) is 18.5. The van der Waals surface area contributed by atoms with Crippen molar-refractivity contribution in [2.45, 2.75) is 13.3 Å². The van der Waals surface area contributed by atoms with Gasteiger partial charge in [-0.05, 0) is 54.8 Å². The van der Waals surface area contributed by atoms with E-state index in [4.69, 9.17) is 0 Å². The number of carbonyl (C=O) groups excluding carboxylic acids is 3. The average molecular weight is 448 g/mol. The fraction of sp³-hybridized carbons (Fsp3) is 0.346. The minimum absolute atomic E-state index is 0.0208. The first-order chi connectivity index (χ1) is 15.9. The lowest BCUT2D eigenvalue weighted by molar-refractivity contribution is -0.122. The summed E-state index contributed by atoms with van der Waals surface area (Å²) >= 11 is 0. The third kappa shape index (κ3) is 3.81. The Bertz CT molecular complexity index is 1120. The minimum Gasteiger partial charge on any atom is -0.368 e. The topological polar surface area (TPSA) is 60.9 Å². The molecule has 2 aliphatic heterocycles. The lowest BCUT2D eigenvalue weighted by Crippen LogP contribution is -2.48. The first kappa shape index (κ1) is 21.4. The maximum atomic E-state index is 13.2. The maximum Gasteiger partial charge on any atom is 0.254 e. The van der Waals surface area contributed by atoms with Gasteiger partial charge in [-0.25, -0.2) is 4.39 Å². The Balaban J connectivity index is 1.30. The summed E-state index contributed by atoms with van der Waals surface area (Å²) in [6.45, 7) is 4.33. The quantitative estimate of drug-likeness (QED) is 0.534. The summed E-state index contributed by atoms with van der Waals surface area (Å²) in [6, 6.07) is 13.2. The summed E-state index contributed by atoms with van der Waals surface area (Å²) in [6.07, 6.45) is 4.56. The van der Waals surface area contributed by atoms with Gasteiger partial charge in [0.05, 0.1) is 17.5 Å². The summed E-state index contributed by atoms with van der Waals surface area (Å²) in [5.41, 5.74) is 1.86. The molecule has 5 rings (SSSR count). The van der Waals surface area contributed by atoms with E-state index in [1.807, 2.05) is 19.1 Å². The van der Waals surface area contributed by atoms with Crippen LogP contribution in [0.5, 0.6) is 0 Å². The van der Waals surface area contributed by atoms with Crippen molar-refractivity contribution in [3.8, 4) is 0 Å². The second-order valence-corrected chi connectivity index (χ2v) is 8.97. The highest BCUT2D eigenvalue weighted by Crippen LogP contribution is 2.40. The highest BCUT2D eigenvalue weighted by Gasteiger charge is 2.50. The van der Waals surface area contributed by atoms with Gasteiger partial charge in [0.15, 0.2) is 0 Å². The molecule has 0 radical (unpaired) electrons. The standard InChI is InChI=1S/C26H26FN3O3/c1-17-4-2-7-22-23(17)26(33)30(25(22)32)21-6-3-5-18(16-21)24(31)29-14-12-28(13-15-29)20-10-8-19(27)9-11-20/h2-6,8-11,16-17,22-23H,7,12-15H2,1H3/t17-,22-,23-/m1/s1. The third-order valence-corrected chi connectivity index (χ3v) is 6.98. The molecule has 3 aliphatic rings. The van der Waals surface area contributed by atoms with Gasteiger partial charge in [0.25, 0.3) is 5.91 Å². The first-order valence-corrected chi connectivity index (χ1v) is 11.4. The van der Waals surface area contributed by atoms with Crippen molar-refractivity contribution in [3.05, 3.63) is 72.1 Å². The van der Waals surface area contributed by atoms with E-state index in [1.54, 1.807) is 41.3 Å². The molecule has 3 amide bonds. The molecule has 6 nitrogen and oxygen atoms in total. The number of fused-ring (bicyclic) bond motifs is 1. The van der Waals surface area contributed by atoms with Crippen molar-refractivity contribution in [1.29, 1.82) is 0 Å². The zero-order chi connectivity index (χ0) is 23.1. The van der Waals surface area contributed by atoms with Crippen LogP contribution in [0.3, 0.4) is 0 Å². The number of anilines is 2. The molecule has 2 fully saturated rings. The first-order valence-electron chi connectivity index (χ1n) is 11.4. The molecule has 0 saturated carbocycles. The van der Waals surface area contributed by atoms with E-state index in [0.29, 0.717) is 43.9 Å². The van der Waals surface area contributed by atoms with Crippen LogP contribution in [-0.4, -0.2) is 48.8 Å². The lowest BCUT2D eigenvalue weighted by Gasteiger charge is -2.36. The SMILES string of the molecule is C[C@@H]1C=CC[C@H]2C(=O)N(c3cccc(C(=O)N4CCN(c5ccc(F)cc5)CC4)c3)C(=O)[C@H]12. The molecule has 0 unspecified atom stereocenters. The fourth-order valence-corrected chi connectivity index (χ4v) is 5.18. The number of nitrogens with zero attached hydrogens (tertiary/aromatic N) is 3. The normalized spacial score (nSPS) is 24.9. The Kier molecular flexibility index (Phi) is 5.48. The Morgan fingerprint density at radius 1 is 0.939 bits per heavy atom. The van der Waals surface area contributed by atoms with Crippen LogP contribution in [0.25, 0.3) is 0 Å². The summed E-state index contributed by atoms with van der Waals surface area (Å²) < 4.78 is 13.2. The highest BCUT2D eigenvalue weighted by molar-refractivity contribution is 6.22. The van der Waals surface area contributed by atoms with Gasteiger partial charge >= 0.3 is 0 Å². The number of piperazine rings is 1. The zero-order valence-electron chi connectivity index (χ0n) is 18.5. The largest absolute Gasteiger partial charge is 0.368 e. The number of benzene rings is 2. The van der Waals surface area contributed by atoms with Crippen LogP contribution in [0.4, 0.5) is 15.8 Å². The number of rotatable bonds is 3. The van der Waals surface area contributed by atoms with Crippen LogP contribution in [-0.2, 0) is 9.59 Å². The minimum atomic E-state index is -0.332. The number of allylic oxidation sites excluding steroid dienone is 2. The number of amides is 3. The predicted octanol–water partition coefficient (Wildman–Crippen LogP) is 3.49. The molecule has 0 bridgehead atoms. The molecule has 33 heavy (non-hydrogen) atoms. The number of hydrogen-bond donors (Lipinski definition) is 0. The molecule has 170 valence electrons. The van der Waals surface area contributed by atoms with E-state index in [-0.39, 0.29) is 41.3 Å². The number of imide groups is 1. The summed E-state index contributed by atoms with van der Waals surface area (Å²) in [7, 11) is 0. The monoisotopic (exact) mass is 447 g/mol. The van der Waals surface area contributed by atoms with E-state index >= 15 is 0 Å². The van der Waals surface area contributed by atoms with Crippen molar-refractivity contribution in [2.75, 3.05) is 36.0 Å². The number of carbonyl (C=O) groups is 3. The molecule has 1 aliphatic carbocycles. The van der Waals surface area contributed by atoms with Gasteiger partial charge in [-0.15, -0.1) is 0 Å². The van der Waals surface area contributed by atoms with Crippen LogP contribution in [0, 0.1) is 23.6 Å². The molecule has 0 aromatic heterocycles. The molecule has 2 aromatic carbocycles. The van der Waals surface area contributed by atoms with Gasteiger partial charge in [0.2, 0.25) is 11.8 Å². The molecule has 2 aromatic rings. The van der Waals surface area contributed by atoms with E-state index in [0.717, 1.165) is 5.69 Å². The number of halogens is 1. The molecular formula is C26H26FN3O3. The Labute approximate surface area is 192 Å². The number of hydrogen-bond acceptors (Lipinski definition) is 4. The summed E-state index contributed by atoms with van der Waals surface area (Å²) in [4.78, 5) is 44.4.